The van der Waals surface area contributed by atoms with Gasteiger partial charge in [0.2, 0.25) is 5.91 Å². The molecule has 34 heavy (non-hydrogen) atoms. The molecular formula is C27H35N5O2. The van der Waals surface area contributed by atoms with E-state index in [1.807, 2.05) is 18.2 Å². The Morgan fingerprint density at radius 1 is 1.09 bits per heavy atom. The molecule has 0 radical (unpaired) electrons. The Morgan fingerprint density at radius 2 is 1.91 bits per heavy atom. The molecule has 2 aliphatic heterocycles. The fourth-order valence-electron chi connectivity index (χ4n) is 5.87. The summed E-state index contributed by atoms with van der Waals surface area (Å²) in [4.78, 5) is 37.5. The summed E-state index contributed by atoms with van der Waals surface area (Å²) in [5, 5.41) is 2.91. The Morgan fingerprint density at radius 3 is 2.76 bits per heavy atom. The topological polar surface area (TPSA) is 68.8 Å². The Hall–Kier alpha value is -2.77. The first-order chi connectivity index (χ1) is 16.6. The number of benzene rings is 1. The average molecular weight is 462 g/mol. The van der Waals surface area contributed by atoms with Crippen molar-refractivity contribution in [2.75, 3.05) is 43.4 Å². The number of carbonyl (C=O) groups is 2. The van der Waals surface area contributed by atoms with Crippen LogP contribution in [0.3, 0.4) is 0 Å². The van der Waals surface area contributed by atoms with Crippen LogP contribution in [-0.4, -0.2) is 65.9 Å². The first-order valence-corrected chi connectivity index (χ1v) is 12.7. The van der Waals surface area contributed by atoms with Crippen molar-refractivity contribution < 1.29 is 9.59 Å². The molecule has 2 aromatic rings. The standard InChI is InChI=1S/C27H35N5O2/c1-30(21-10-3-2-4-11-21)17-20-9-8-16-31(18-20)19-25(33)32-24-14-6-5-12-22(24)27(34)29-23-13-7-15-28-26(23)32/h5-7,12-15,20-21H,2-4,8-11,16-19H2,1H3,(H,29,34). The molecule has 1 atom stereocenters. The van der Waals surface area contributed by atoms with Gasteiger partial charge in [0.15, 0.2) is 5.82 Å². The lowest BCUT2D eigenvalue weighted by molar-refractivity contribution is -0.119. The predicted molar refractivity (Wildman–Crippen MR) is 134 cm³/mol. The van der Waals surface area contributed by atoms with Crippen LogP contribution in [0.25, 0.3) is 0 Å². The molecule has 1 unspecified atom stereocenters. The maximum atomic E-state index is 13.7. The van der Waals surface area contributed by atoms with Crippen molar-refractivity contribution in [2.24, 2.45) is 5.92 Å². The SMILES string of the molecule is CN(CC1CCCN(CC(=O)N2c3ccccc3C(=O)Nc3cccnc32)C1)C1CCCCC1. The van der Waals surface area contributed by atoms with Gasteiger partial charge in [-0.3, -0.25) is 19.4 Å². The molecule has 1 N–H and O–H groups in total. The van der Waals surface area contributed by atoms with E-state index in [2.05, 4.69) is 27.1 Å². The largest absolute Gasteiger partial charge is 0.319 e. The van der Waals surface area contributed by atoms with E-state index < -0.39 is 0 Å². The van der Waals surface area contributed by atoms with E-state index in [0.717, 1.165) is 26.1 Å². The number of nitrogens with zero attached hydrogens (tertiary/aromatic N) is 4. The maximum absolute atomic E-state index is 13.7. The van der Waals surface area contributed by atoms with E-state index in [0.29, 0.717) is 41.3 Å². The molecule has 1 aliphatic carbocycles. The lowest BCUT2D eigenvalue weighted by Gasteiger charge is -2.38. The van der Waals surface area contributed by atoms with Crippen LogP contribution in [0.1, 0.15) is 55.3 Å². The van der Waals surface area contributed by atoms with Crippen LogP contribution in [0.5, 0.6) is 0 Å². The Kier molecular flexibility index (Phi) is 6.92. The van der Waals surface area contributed by atoms with Crippen molar-refractivity contribution in [3.8, 4) is 0 Å². The van der Waals surface area contributed by atoms with Gasteiger partial charge in [-0.25, -0.2) is 4.98 Å². The van der Waals surface area contributed by atoms with E-state index in [4.69, 9.17) is 0 Å². The molecule has 1 aromatic heterocycles. The number of amides is 2. The first-order valence-electron chi connectivity index (χ1n) is 12.7. The normalized spacial score (nSPS) is 21.5. The Labute approximate surface area is 202 Å². The minimum atomic E-state index is -0.219. The summed E-state index contributed by atoms with van der Waals surface area (Å²) in [6, 6.07) is 11.6. The lowest BCUT2D eigenvalue weighted by atomic mass is 9.92. The highest BCUT2D eigenvalue weighted by molar-refractivity contribution is 6.17. The summed E-state index contributed by atoms with van der Waals surface area (Å²) < 4.78 is 0. The quantitative estimate of drug-likeness (QED) is 0.720. The van der Waals surface area contributed by atoms with E-state index in [-0.39, 0.29) is 11.8 Å². The highest BCUT2D eigenvalue weighted by Crippen LogP contribution is 2.36. The molecular weight excluding hydrogens is 426 g/mol. The van der Waals surface area contributed by atoms with Crippen LogP contribution in [-0.2, 0) is 4.79 Å². The summed E-state index contributed by atoms with van der Waals surface area (Å²) >= 11 is 0. The molecule has 0 bridgehead atoms. The minimum Gasteiger partial charge on any atom is -0.319 e. The van der Waals surface area contributed by atoms with E-state index in [1.54, 1.807) is 29.3 Å². The van der Waals surface area contributed by atoms with Crippen LogP contribution in [0.2, 0.25) is 0 Å². The van der Waals surface area contributed by atoms with E-state index >= 15 is 0 Å². The average Bonchev–Trinajstić information content (AvgIpc) is 2.98. The van der Waals surface area contributed by atoms with Gasteiger partial charge in [0.1, 0.15) is 0 Å². The number of carbonyl (C=O) groups excluding carboxylic acids is 2. The van der Waals surface area contributed by atoms with Crippen LogP contribution < -0.4 is 10.2 Å². The third kappa shape index (κ3) is 4.86. The summed E-state index contributed by atoms with van der Waals surface area (Å²) in [6.45, 7) is 3.29. The van der Waals surface area contributed by atoms with Gasteiger partial charge in [0.05, 0.1) is 23.5 Å². The van der Waals surface area contributed by atoms with Crippen LogP contribution in [0.4, 0.5) is 17.2 Å². The highest BCUT2D eigenvalue weighted by Gasteiger charge is 2.32. The molecule has 7 heteroatoms. The number of aromatic nitrogens is 1. The third-order valence-corrected chi connectivity index (χ3v) is 7.59. The Balaban J connectivity index is 1.31. The fraction of sp³-hybridized carbons (Fsp3) is 0.519. The zero-order valence-corrected chi connectivity index (χ0v) is 20.1. The Bertz CT molecular complexity index is 1040. The van der Waals surface area contributed by atoms with Gasteiger partial charge in [-0.2, -0.15) is 0 Å². The fourth-order valence-corrected chi connectivity index (χ4v) is 5.87. The number of likely N-dealkylation sites (tertiary alicyclic amines) is 1. The molecule has 1 aromatic carbocycles. The predicted octanol–water partition coefficient (Wildman–Crippen LogP) is 4.29. The van der Waals surface area contributed by atoms with E-state index in [9.17, 15) is 9.59 Å². The second kappa shape index (κ2) is 10.2. The number of hydrogen-bond donors (Lipinski definition) is 1. The van der Waals surface area contributed by atoms with Crippen molar-refractivity contribution in [3.05, 3.63) is 48.2 Å². The minimum absolute atomic E-state index is 0.0508. The number of pyridine rings is 1. The van der Waals surface area contributed by atoms with Crippen molar-refractivity contribution in [3.63, 3.8) is 0 Å². The molecule has 7 nitrogen and oxygen atoms in total. The molecule has 2 amide bonds. The monoisotopic (exact) mass is 461 g/mol. The summed E-state index contributed by atoms with van der Waals surface area (Å²) in [7, 11) is 2.28. The van der Waals surface area contributed by atoms with Gasteiger partial charge in [-0.1, -0.05) is 31.4 Å². The number of fused-ring (bicyclic) bond motifs is 2. The van der Waals surface area contributed by atoms with Gasteiger partial charge in [0, 0.05) is 25.3 Å². The van der Waals surface area contributed by atoms with Gasteiger partial charge in [-0.05, 0) is 69.5 Å². The van der Waals surface area contributed by atoms with E-state index in [1.165, 1.54) is 38.5 Å². The molecule has 2 fully saturated rings. The van der Waals surface area contributed by atoms with Crippen molar-refractivity contribution in [1.82, 2.24) is 14.8 Å². The molecule has 1 saturated carbocycles. The van der Waals surface area contributed by atoms with Crippen molar-refractivity contribution in [2.45, 2.75) is 51.0 Å². The summed E-state index contributed by atoms with van der Waals surface area (Å²) in [6.07, 6.45) is 10.7. The van der Waals surface area contributed by atoms with Crippen LogP contribution >= 0.6 is 0 Å². The number of rotatable bonds is 5. The molecule has 3 heterocycles. The molecule has 180 valence electrons. The lowest BCUT2D eigenvalue weighted by Crippen LogP contribution is -2.46. The zero-order valence-electron chi connectivity index (χ0n) is 20.1. The number of anilines is 3. The molecule has 0 spiro atoms. The third-order valence-electron chi connectivity index (χ3n) is 7.59. The van der Waals surface area contributed by atoms with Crippen LogP contribution in [0, 0.1) is 5.92 Å². The zero-order chi connectivity index (χ0) is 23.5. The maximum Gasteiger partial charge on any atom is 0.257 e. The van der Waals surface area contributed by atoms with Gasteiger partial charge < -0.3 is 10.2 Å². The van der Waals surface area contributed by atoms with Crippen molar-refractivity contribution in [1.29, 1.82) is 0 Å². The van der Waals surface area contributed by atoms with Gasteiger partial charge in [-0.15, -0.1) is 0 Å². The number of hydrogen-bond acceptors (Lipinski definition) is 5. The summed E-state index contributed by atoms with van der Waals surface area (Å²) in [5.41, 5.74) is 1.63. The number of para-hydroxylation sites is 1. The molecule has 3 aliphatic rings. The van der Waals surface area contributed by atoms with Crippen LogP contribution in [0.15, 0.2) is 42.6 Å². The van der Waals surface area contributed by atoms with Gasteiger partial charge in [0.25, 0.3) is 5.91 Å². The van der Waals surface area contributed by atoms with Crippen molar-refractivity contribution >= 4 is 29.0 Å². The number of nitrogens with one attached hydrogen (secondary N) is 1. The second-order valence-electron chi connectivity index (χ2n) is 10.0. The summed E-state index contributed by atoms with van der Waals surface area (Å²) in [5.74, 6) is 0.795. The van der Waals surface area contributed by atoms with Gasteiger partial charge >= 0.3 is 0 Å². The number of piperidine rings is 1. The molecule has 5 rings (SSSR count). The molecule has 1 saturated heterocycles. The highest BCUT2D eigenvalue weighted by atomic mass is 16.2. The second-order valence-corrected chi connectivity index (χ2v) is 10.0. The smallest absolute Gasteiger partial charge is 0.257 e. The first kappa shape index (κ1) is 23.0.